The lowest BCUT2D eigenvalue weighted by Crippen LogP contribution is -2.21. The molecule has 0 unspecified atom stereocenters. The minimum atomic E-state index is -0.484. The van der Waals surface area contributed by atoms with Gasteiger partial charge in [0.05, 0.1) is 12.3 Å². The molecule has 0 atom stereocenters. The largest absolute Gasteiger partial charge is 0.506 e. The summed E-state index contributed by atoms with van der Waals surface area (Å²) in [5.74, 6) is -0.317. The van der Waals surface area contributed by atoms with E-state index in [0.29, 0.717) is 10.7 Å². The highest BCUT2D eigenvalue weighted by atomic mass is 35.5. The molecule has 2 rings (SSSR count). The molecule has 0 bridgehead atoms. The Kier molecular flexibility index (Phi) is 3.12. The number of aliphatic hydroxyl groups is 1. The number of aromatic hydroxyl groups is 1. The molecule has 0 aliphatic carbocycles. The van der Waals surface area contributed by atoms with Crippen molar-refractivity contribution in [1.82, 2.24) is 9.78 Å². The number of hydrogen-bond donors (Lipinski definition) is 2. The summed E-state index contributed by atoms with van der Waals surface area (Å²) in [7, 11) is 0. The lowest BCUT2D eigenvalue weighted by molar-refractivity contribution is 0.266. The van der Waals surface area contributed by atoms with Crippen LogP contribution >= 0.6 is 11.6 Å². The zero-order valence-electron chi connectivity index (χ0n) is 8.67. The molecule has 6 heteroatoms. The highest BCUT2D eigenvalue weighted by Gasteiger charge is 2.08. The van der Waals surface area contributed by atoms with Crippen molar-refractivity contribution in [1.29, 1.82) is 0 Å². The minimum absolute atomic E-state index is 0.0413. The first-order valence-corrected chi connectivity index (χ1v) is 5.18. The predicted octanol–water partition coefficient (Wildman–Crippen LogP) is 1.08. The molecule has 1 aromatic heterocycles. The first-order valence-electron chi connectivity index (χ1n) is 4.81. The van der Waals surface area contributed by atoms with Crippen molar-refractivity contribution in [3.05, 3.63) is 51.4 Å². The molecule has 0 aliphatic rings. The lowest BCUT2D eigenvalue weighted by atomic mass is 10.3. The second-order valence-electron chi connectivity index (χ2n) is 3.36. The van der Waals surface area contributed by atoms with Crippen molar-refractivity contribution in [2.24, 2.45) is 0 Å². The second-order valence-corrected chi connectivity index (χ2v) is 3.80. The van der Waals surface area contributed by atoms with Gasteiger partial charge >= 0.3 is 0 Å². The molecule has 0 amide bonds. The first kappa shape index (κ1) is 11.6. The van der Waals surface area contributed by atoms with E-state index in [0.717, 1.165) is 10.7 Å². The Labute approximate surface area is 102 Å². The van der Waals surface area contributed by atoms with Gasteiger partial charge in [-0.25, -0.2) is 0 Å². The zero-order chi connectivity index (χ0) is 12.4. The van der Waals surface area contributed by atoms with E-state index in [2.05, 4.69) is 5.10 Å². The van der Waals surface area contributed by atoms with Crippen LogP contribution in [0.25, 0.3) is 5.69 Å². The first-order chi connectivity index (χ1) is 8.11. The number of aliphatic hydroxyl groups excluding tert-OH is 1. The van der Waals surface area contributed by atoms with E-state index in [1.54, 1.807) is 24.3 Å². The normalized spacial score (nSPS) is 10.5. The predicted molar refractivity (Wildman–Crippen MR) is 62.4 cm³/mol. The van der Waals surface area contributed by atoms with Crippen LogP contribution < -0.4 is 5.56 Å². The third-order valence-electron chi connectivity index (χ3n) is 2.21. The molecule has 2 N–H and O–H groups in total. The van der Waals surface area contributed by atoms with Crippen LogP contribution in [0, 0.1) is 0 Å². The maximum absolute atomic E-state index is 11.6. The Morgan fingerprint density at radius 3 is 2.53 bits per heavy atom. The molecule has 5 nitrogen and oxygen atoms in total. The van der Waals surface area contributed by atoms with Gasteiger partial charge in [-0.3, -0.25) is 4.79 Å². The molecule has 0 fully saturated rings. The van der Waals surface area contributed by atoms with E-state index in [-0.39, 0.29) is 11.4 Å². The second kappa shape index (κ2) is 4.57. The molecule has 0 saturated carbocycles. The molecule has 0 radical (unpaired) electrons. The van der Waals surface area contributed by atoms with Crippen molar-refractivity contribution in [2.75, 3.05) is 0 Å². The number of rotatable bonds is 2. The van der Waals surface area contributed by atoms with Gasteiger partial charge in [0.2, 0.25) is 0 Å². The number of benzene rings is 1. The quantitative estimate of drug-likeness (QED) is 0.839. The van der Waals surface area contributed by atoms with Crippen molar-refractivity contribution in [2.45, 2.75) is 6.61 Å². The Morgan fingerprint density at radius 1 is 1.29 bits per heavy atom. The van der Waals surface area contributed by atoms with E-state index >= 15 is 0 Å². The molecule has 0 aliphatic heterocycles. The van der Waals surface area contributed by atoms with E-state index in [1.165, 1.54) is 0 Å². The van der Waals surface area contributed by atoms with Gasteiger partial charge in [-0.05, 0) is 24.3 Å². The summed E-state index contributed by atoms with van der Waals surface area (Å²) in [5.41, 5.74) is 0.0654. The summed E-state index contributed by atoms with van der Waals surface area (Å²) in [4.78, 5) is 11.6. The Hall–Kier alpha value is -1.85. The van der Waals surface area contributed by atoms with Gasteiger partial charge < -0.3 is 10.2 Å². The third kappa shape index (κ3) is 2.30. The average molecular weight is 253 g/mol. The average Bonchev–Trinajstić information content (AvgIpc) is 2.31. The molecule has 88 valence electrons. The van der Waals surface area contributed by atoms with Crippen LogP contribution in [0.2, 0.25) is 5.02 Å². The van der Waals surface area contributed by atoms with Crippen LogP contribution in [0.15, 0.2) is 35.1 Å². The van der Waals surface area contributed by atoms with Crippen LogP contribution in [0.4, 0.5) is 0 Å². The van der Waals surface area contributed by atoms with Crippen LogP contribution in [0.3, 0.4) is 0 Å². The van der Waals surface area contributed by atoms with Crippen LogP contribution in [0.5, 0.6) is 5.75 Å². The molecule has 0 spiro atoms. The molecule has 0 saturated heterocycles. The molecule has 1 heterocycles. The van der Waals surface area contributed by atoms with E-state index in [1.807, 2.05) is 0 Å². The smallest absolute Gasteiger partial charge is 0.275 e. The fourth-order valence-electron chi connectivity index (χ4n) is 1.36. The fourth-order valence-corrected chi connectivity index (χ4v) is 1.49. The number of halogens is 1. The molecule has 1 aromatic carbocycles. The van der Waals surface area contributed by atoms with Crippen molar-refractivity contribution >= 4 is 11.6 Å². The standard InChI is InChI=1S/C11H9ClN2O3/c12-7-1-3-8(4-2-7)14-11(17)5-10(16)9(6-15)13-14/h1-5,15-16H,6H2. The van der Waals surface area contributed by atoms with Crippen molar-refractivity contribution in [3.8, 4) is 11.4 Å². The number of hydrogen-bond acceptors (Lipinski definition) is 4. The summed E-state index contributed by atoms with van der Waals surface area (Å²) in [6.45, 7) is -0.445. The van der Waals surface area contributed by atoms with E-state index < -0.39 is 12.2 Å². The fraction of sp³-hybridized carbons (Fsp3) is 0.0909. The van der Waals surface area contributed by atoms with Crippen molar-refractivity contribution in [3.63, 3.8) is 0 Å². The molecular weight excluding hydrogens is 244 g/mol. The van der Waals surface area contributed by atoms with Gasteiger partial charge in [0.15, 0.2) is 0 Å². The van der Waals surface area contributed by atoms with Gasteiger partial charge in [0.25, 0.3) is 5.56 Å². The highest BCUT2D eigenvalue weighted by Crippen LogP contribution is 2.14. The minimum Gasteiger partial charge on any atom is -0.506 e. The van der Waals surface area contributed by atoms with E-state index in [4.69, 9.17) is 16.7 Å². The van der Waals surface area contributed by atoms with Crippen LogP contribution in [0.1, 0.15) is 5.69 Å². The van der Waals surface area contributed by atoms with Gasteiger partial charge in [0.1, 0.15) is 11.4 Å². The van der Waals surface area contributed by atoms with Crippen LogP contribution in [-0.2, 0) is 6.61 Å². The summed E-state index contributed by atoms with van der Waals surface area (Å²) >= 11 is 5.73. The van der Waals surface area contributed by atoms with Gasteiger partial charge in [0, 0.05) is 11.1 Å². The zero-order valence-corrected chi connectivity index (χ0v) is 9.42. The summed E-state index contributed by atoms with van der Waals surface area (Å²) in [6, 6.07) is 7.49. The maximum Gasteiger partial charge on any atom is 0.275 e. The van der Waals surface area contributed by atoms with Gasteiger partial charge in [-0.1, -0.05) is 11.6 Å². The molecular formula is C11H9ClN2O3. The third-order valence-corrected chi connectivity index (χ3v) is 2.46. The molecule has 17 heavy (non-hydrogen) atoms. The monoisotopic (exact) mass is 252 g/mol. The van der Waals surface area contributed by atoms with E-state index in [9.17, 15) is 9.90 Å². The lowest BCUT2D eigenvalue weighted by Gasteiger charge is -2.07. The SMILES string of the molecule is O=c1cc(O)c(CO)nn1-c1ccc(Cl)cc1. The van der Waals surface area contributed by atoms with Crippen LogP contribution in [-0.4, -0.2) is 20.0 Å². The highest BCUT2D eigenvalue weighted by molar-refractivity contribution is 6.30. The van der Waals surface area contributed by atoms with Gasteiger partial charge in [-0.15, -0.1) is 0 Å². The number of nitrogens with zero attached hydrogens (tertiary/aromatic N) is 2. The molecule has 2 aromatic rings. The van der Waals surface area contributed by atoms with Crippen molar-refractivity contribution < 1.29 is 10.2 Å². The summed E-state index contributed by atoms with van der Waals surface area (Å²) < 4.78 is 1.08. The Balaban J connectivity index is 2.59. The Morgan fingerprint density at radius 2 is 1.94 bits per heavy atom. The van der Waals surface area contributed by atoms with Gasteiger partial charge in [-0.2, -0.15) is 9.78 Å². The topological polar surface area (TPSA) is 75.3 Å². The Bertz CT molecular complexity index is 593. The summed E-state index contributed by atoms with van der Waals surface area (Å²) in [6.07, 6.45) is 0. The maximum atomic E-state index is 11.6. The number of aromatic nitrogens is 2. The summed E-state index contributed by atoms with van der Waals surface area (Å²) in [5, 5.41) is 22.7.